The first kappa shape index (κ1) is 14.6. The number of carboxylic acids is 1. The van der Waals surface area contributed by atoms with Crippen molar-refractivity contribution in [1.29, 1.82) is 0 Å². The molecule has 2 aromatic rings. The van der Waals surface area contributed by atoms with Gasteiger partial charge in [-0.15, -0.1) is 0 Å². The topological polar surface area (TPSA) is 54.4 Å². The molecule has 0 heterocycles. The molecule has 0 unspecified atom stereocenters. The number of carbonyl (C=O) groups is 2. The smallest absolute Gasteiger partial charge is 0.335 e. The summed E-state index contributed by atoms with van der Waals surface area (Å²) < 4.78 is 0. The van der Waals surface area contributed by atoms with Gasteiger partial charge < -0.3 is 5.11 Å². The number of rotatable bonds is 2. The molecule has 0 aliphatic rings. The van der Waals surface area contributed by atoms with E-state index in [4.69, 9.17) is 5.11 Å². The van der Waals surface area contributed by atoms with E-state index in [1.54, 1.807) is 25.1 Å². The first-order valence-electron chi connectivity index (χ1n) is 5.85. The predicted molar refractivity (Wildman–Crippen MR) is 74.7 cm³/mol. The van der Waals surface area contributed by atoms with Crippen molar-refractivity contribution >= 4 is 12.3 Å². The number of carbonyl (C=O) groups excluding carboxylic acids is 1. The fourth-order valence-corrected chi connectivity index (χ4v) is 1.46. The highest BCUT2D eigenvalue weighted by atomic mass is 16.4. The number of aldehydes is 1. The zero-order chi connectivity index (χ0) is 14.3. The normalized spacial score (nSPS) is 9.16. The third-order valence-electron chi connectivity index (χ3n) is 2.59. The lowest BCUT2D eigenvalue weighted by molar-refractivity contribution is 0.0696. The van der Waals surface area contributed by atoms with Crippen LogP contribution in [0.3, 0.4) is 0 Å². The molecule has 1 N–H and O–H groups in total. The molecule has 3 heteroatoms. The summed E-state index contributed by atoms with van der Waals surface area (Å²) in [6.07, 6.45) is 0.847. The summed E-state index contributed by atoms with van der Waals surface area (Å²) in [6.45, 7) is 3.78. The zero-order valence-corrected chi connectivity index (χ0v) is 11.0. The van der Waals surface area contributed by atoms with Crippen molar-refractivity contribution in [1.82, 2.24) is 0 Å². The van der Waals surface area contributed by atoms with Crippen molar-refractivity contribution in [2.75, 3.05) is 0 Å². The second-order valence-corrected chi connectivity index (χ2v) is 4.15. The zero-order valence-electron chi connectivity index (χ0n) is 11.0. The Hall–Kier alpha value is -2.42. The number of aromatic carboxylic acids is 1. The Balaban J connectivity index is 0.000000191. The van der Waals surface area contributed by atoms with Crippen LogP contribution in [0.25, 0.3) is 0 Å². The van der Waals surface area contributed by atoms with Gasteiger partial charge in [-0.2, -0.15) is 0 Å². The van der Waals surface area contributed by atoms with E-state index in [0.717, 1.165) is 17.4 Å². The largest absolute Gasteiger partial charge is 0.478 e. The van der Waals surface area contributed by atoms with Gasteiger partial charge in [0.1, 0.15) is 6.29 Å². The minimum atomic E-state index is -0.863. The quantitative estimate of drug-likeness (QED) is 0.837. The molecule has 0 aliphatic carbocycles. The van der Waals surface area contributed by atoms with Gasteiger partial charge >= 0.3 is 5.97 Å². The van der Waals surface area contributed by atoms with Crippen molar-refractivity contribution in [2.45, 2.75) is 13.8 Å². The Bertz CT molecular complexity index is 556. The van der Waals surface area contributed by atoms with Crippen LogP contribution in [-0.2, 0) is 0 Å². The summed E-state index contributed by atoms with van der Waals surface area (Å²) in [5.74, 6) is -0.863. The van der Waals surface area contributed by atoms with E-state index in [0.29, 0.717) is 5.56 Å². The maximum absolute atomic E-state index is 10.4. The second-order valence-electron chi connectivity index (χ2n) is 4.15. The summed E-state index contributed by atoms with van der Waals surface area (Å²) in [6, 6.07) is 14.4. The van der Waals surface area contributed by atoms with E-state index in [9.17, 15) is 9.59 Å². The third kappa shape index (κ3) is 4.76. The Morgan fingerprint density at radius 2 is 1.58 bits per heavy atom. The molecule has 2 rings (SSSR count). The van der Waals surface area contributed by atoms with E-state index in [-0.39, 0.29) is 0 Å². The number of hydrogen-bond donors (Lipinski definition) is 1. The molecule has 2 aromatic carbocycles. The van der Waals surface area contributed by atoms with Crippen molar-refractivity contribution in [3.05, 3.63) is 70.8 Å². The molecule has 0 aromatic heterocycles. The number of benzene rings is 2. The molecular formula is C16H16O3. The maximum Gasteiger partial charge on any atom is 0.335 e. The van der Waals surface area contributed by atoms with Gasteiger partial charge in [-0.3, -0.25) is 4.79 Å². The number of aryl methyl sites for hydroxylation is 2. The lowest BCUT2D eigenvalue weighted by atomic mass is 10.1. The molecular weight excluding hydrogens is 240 g/mol. The van der Waals surface area contributed by atoms with Gasteiger partial charge in [0.25, 0.3) is 0 Å². The van der Waals surface area contributed by atoms with Gasteiger partial charge in [0.05, 0.1) is 5.56 Å². The van der Waals surface area contributed by atoms with E-state index < -0.39 is 5.97 Å². The second kappa shape index (κ2) is 7.11. The van der Waals surface area contributed by atoms with Crippen LogP contribution in [0.2, 0.25) is 0 Å². The Morgan fingerprint density at radius 3 is 2.00 bits per heavy atom. The molecule has 0 atom stereocenters. The lowest BCUT2D eigenvalue weighted by Gasteiger charge is -1.96. The minimum absolute atomic E-state index is 0.377. The molecule has 0 saturated carbocycles. The maximum atomic E-state index is 10.4. The molecule has 19 heavy (non-hydrogen) atoms. The van der Waals surface area contributed by atoms with Gasteiger partial charge in [0, 0.05) is 5.56 Å². The highest BCUT2D eigenvalue weighted by molar-refractivity contribution is 5.89. The molecule has 0 bridgehead atoms. The summed E-state index contributed by atoms with van der Waals surface area (Å²) >= 11 is 0. The molecule has 0 amide bonds. The minimum Gasteiger partial charge on any atom is -0.478 e. The monoisotopic (exact) mass is 256 g/mol. The average molecular weight is 256 g/mol. The summed E-state index contributed by atoms with van der Waals surface area (Å²) in [7, 11) is 0. The highest BCUT2D eigenvalue weighted by Crippen LogP contribution is 2.05. The number of carboxylic acid groups (broad SMARTS) is 1. The van der Waals surface area contributed by atoms with E-state index in [1.807, 2.05) is 37.3 Å². The lowest BCUT2D eigenvalue weighted by Crippen LogP contribution is -1.97. The van der Waals surface area contributed by atoms with E-state index in [1.165, 1.54) is 5.56 Å². The Labute approximate surface area is 112 Å². The molecule has 0 spiro atoms. The summed E-state index contributed by atoms with van der Waals surface area (Å²) in [5, 5.41) is 8.57. The highest BCUT2D eigenvalue weighted by Gasteiger charge is 2.02. The van der Waals surface area contributed by atoms with Crippen molar-refractivity contribution in [3.63, 3.8) is 0 Å². The van der Waals surface area contributed by atoms with E-state index in [2.05, 4.69) is 0 Å². The van der Waals surface area contributed by atoms with Crippen LogP contribution in [0.5, 0.6) is 0 Å². The van der Waals surface area contributed by atoms with Gasteiger partial charge in [-0.25, -0.2) is 4.79 Å². The standard InChI is InChI=1S/C8H8O2.C8H8O/c1-6-4-2-3-5-7(6)8(9)10;1-7-2-4-8(6-9)5-3-7/h2-5H,1H3,(H,9,10);2-6H,1H3. The van der Waals surface area contributed by atoms with Crippen molar-refractivity contribution in [2.24, 2.45) is 0 Å². The molecule has 0 fully saturated rings. The Morgan fingerprint density at radius 1 is 1.00 bits per heavy atom. The predicted octanol–water partition coefficient (Wildman–Crippen LogP) is 3.50. The van der Waals surface area contributed by atoms with Crippen LogP contribution in [0, 0.1) is 13.8 Å². The fourth-order valence-electron chi connectivity index (χ4n) is 1.46. The molecule has 98 valence electrons. The first-order valence-corrected chi connectivity index (χ1v) is 5.85. The number of hydrogen-bond acceptors (Lipinski definition) is 2. The molecule has 3 nitrogen and oxygen atoms in total. The van der Waals surface area contributed by atoms with Gasteiger partial charge in [0.2, 0.25) is 0 Å². The van der Waals surface area contributed by atoms with Crippen LogP contribution in [0.1, 0.15) is 31.8 Å². The van der Waals surface area contributed by atoms with Crippen molar-refractivity contribution in [3.8, 4) is 0 Å². The van der Waals surface area contributed by atoms with Crippen molar-refractivity contribution < 1.29 is 14.7 Å². The van der Waals surface area contributed by atoms with Gasteiger partial charge in [-0.05, 0) is 25.5 Å². The fraction of sp³-hybridized carbons (Fsp3) is 0.125. The molecule has 0 radical (unpaired) electrons. The Kier molecular flexibility index (Phi) is 5.48. The van der Waals surface area contributed by atoms with Crippen LogP contribution in [-0.4, -0.2) is 17.4 Å². The third-order valence-corrected chi connectivity index (χ3v) is 2.59. The molecule has 0 saturated heterocycles. The first-order chi connectivity index (χ1) is 9.04. The SMILES string of the molecule is Cc1ccc(C=O)cc1.Cc1ccccc1C(=O)O. The van der Waals surface area contributed by atoms with Crippen LogP contribution >= 0.6 is 0 Å². The van der Waals surface area contributed by atoms with E-state index >= 15 is 0 Å². The summed E-state index contributed by atoms with van der Waals surface area (Å²) in [4.78, 5) is 20.5. The molecule has 0 aliphatic heterocycles. The average Bonchev–Trinajstić information content (AvgIpc) is 2.40. The summed E-state index contributed by atoms with van der Waals surface area (Å²) in [5.41, 5.74) is 3.10. The van der Waals surface area contributed by atoms with Crippen LogP contribution in [0.15, 0.2) is 48.5 Å². The van der Waals surface area contributed by atoms with Crippen LogP contribution < -0.4 is 0 Å². The van der Waals surface area contributed by atoms with Gasteiger partial charge in [0.15, 0.2) is 0 Å². The van der Waals surface area contributed by atoms with Gasteiger partial charge in [-0.1, -0.05) is 48.0 Å². The van der Waals surface area contributed by atoms with Crippen LogP contribution in [0.4, 0.5) is 0 Å².